The van der Waals surface area contributed by atoms with Crippen molar-refractivity contribution >= 4 is 5.76 Å². The van der Waals surface area contributed by atoms with E-state index in [9.17, 15) is 46.0 Å². The monoisotopic (exact) mass is 467 g/mol. The molecular weight excluding hydrogens is 444 g/mol. The van der Waals surface area contributed by atoms with Gasteiger partial charge in [0.15, 0.2) is 17.2 Å². The average Bonchev–Trinajstić information content (AvgIpc) is 2.77. The molecule has 1 fully saturated rings. The Hall–Kier alpha value is -3.42. The predicted molar refractivity (Wildman–Crippen MR) is 109 cm³/mol. The predicted octanol–water partition coefficient (Wildman–Crippen LogP) is -0.978. The molecule has 12 heteroatoms. The highest BCUT2D eigenvalue weighted by Crippen LogP contribution is 2.41. The van der Waals surface area contributed by atoms with E-state index in [1.165, 1.54) is 12.2 Å². The van der Waals surface area contributed by atoms with Crippen molar-refractivity contribution in [3.63, 3.8) is 0 Å². The molecule has 0 bridgehead atoms. The van der Waals surface area contributed by atoms with E-state index in [4.69, 9.17) is 9.47 Å². The van der Waals surface area contributed by atoms with Crippen molar-refractivity contribution in [2.24, 2.45) is 0 Å². The highest BCUT2D eigenvalue weighted by Gasteiger charge is 2.46. The fourth-order valence-electron chi connectivity index (χ4n) is 3.69. The summed E-state index contributed by atoms with van der Waals surface area (Å²) in [6.45, 7) is -0.683. The average molecular weight is 467 g/mol. The summed E-state index contributed by atoms with van der Waals surface area (Å²) >= 11 is 0. The third-order valence-corrected chi connectivity index (χ3v) is 5.45. The molecule has 0 radical (unpaired) electrons. The third kappa shape index (κ3) is 4.05. The topological polar surface area (TPSA) is 213 Å². The molecule has 1 aliphatic carbocycles. The zero-order valence-corrected chi connectivity index (χ0v) is 16.8. The largest absolute Gasteiger partial charge is 0.571 e. The normalized spacial score (nSPS) is 31.7. The van der Waals surface area contributed by atoms with Gasteiger partial charge < -0.3 is 60.2 Å². The maximum atomic E-state index is 10.3. The first kappa shape index (κ1) is 22.8. The molecule has 3 aliphatic rings. The molecular formula is C21H23O12+. The molecule has 0 saturated carbocycles. The molecule has 2 heterocycles. The summed E-state index contributed by atoms with van der Waals surface area (Å²) in [6, 6.07) is 2.15. The number of aliphatic hydroxyl groups excluding tert-OH is 6. The van der Waals surface area contributed by atoms with Crippen LogP contribution in [0, 0.1) is 0 Å². The number of fused-ring (bicyclic) bond motifs is 1. The number of allylic oxidation sites excluding steroid dienone is 2. The molecule has 0 amide bonds. The van der Waals surface area contributed by atoms with Crippen LogP contribution in [0.5, 0.6) is 17.2 Å². The van der Waals surface area contributed by atoms with Crippen molar-refractivity contribution in [1.29, 1.82) is 0 Å². The van der Waals surface area contributed by atoms with Crippen molar-refractivity contribution in [2.45, 2.75) is 36.8 Å². The number of hydrogen-bond acceptors (Lipinski definition) is 11. The maximum Gasteiger partial charge on any atom is 0.305 e. The van der Waals surface area contributed by atoms with E-state index < -0.39 is 60.7 Å². The fourth-order valence-corrected chi connectivity index (χ4v) is 3.69. The summed E-state index contributed by atoms with van der Waals surface area (Å²) in [6.07, 6.45) is -5.08. The summed E-state index contributed by atoms with van der Waals surface area (Å²) in [5.74, 6) is -2.87. The third-order valence-electron chi connectivity index (χ3n) is 5.45. The van der Waals surface area contributed by atoms with Gasteiger partial charge >= 0.3 is 5.76 Å². The van der Waals surface area contributed by atoms with Crippen LogP contribution in [0.25, 0.3) is 5.76 Å². The SMILES string of the molecule is OC[C@H]1O[C@@H](OC2=C(c3cc(O)c(O)c(O)c3)[OH+]C3C=C(O)C=C(O)C3=C2)[C@H](O)[C@@H](O)[C@H]1O. The summed E-state index contributed by atoms with van der Waals surface area (Å²) in [4.78, 5) is 0. The van der Waals surface area contributed by atoms with Crippen LogP contribution >= 0.6 is 0 Å². The number of ether oxygens (including phenoxy) is 3. The van der Waals surface area contributed by atoms with Crippen molar-refractivity contribution in [3.05, 3.63) is 58.8 Å². The van der Waals surface area contributed by atoms with Crippen LogP contribution in [0.15, 0.2) is 53.2 Å². The van der Waals surface area contributed by atoms with Gasteiger partial charge in [-0.1, -0.05) is 0 Å². The Bertz CT molecular complexity index is 1050. The van der Waals surface area contributed by atoms with E-state index in [0.717, 1.165) is 18.2 Å². The second-order valence-electron chi connectivity index (χ2n) is 7.69. The lowest BCUT2D eigenvalue weighted by Gasteiger charge is -2.40. The molecule has 0 spiro atoms. The van der Waals surface area contributed by atoms with Crippen LogP contribution in [-0.4, -0.2) is 94.1 Å². The first-order chi connectivity index (χ1) is 15.6. The van der Waals surface area contributed by atoms with Gasteiger partial charge in [-0.2, -0.15) is 0 Å². The number of rotatable bonds is 4. The highest BCUT2D eigenvalue weighted by molar-refractivity contribution is 5.71. The van der Waals surface area contributed by atoms with Crippen LogP contribution in [0.1, 0.15) is 5.56 Å². The lowest BCUT2D eigenvalue weighted by Crippen LogP contribution is -2.59. The number of benzene rings is 1. The smallest absolute Gasteiger partial charge is 0.305 e. The molecule has 33 heavy (non-hydrogen) atoms. The van der Waals surface area contributed by atoms with E-state index >= 15 is 0 Å². The lowest BCUT2D eigenvalue weighted by molar-refractivity contribution is -0.290. The minimum absolute atomic E-state index is 0.0370. The van der Waals surface area contributed by atoms with Gasteiger partial charge in [0, 0.05) is 24.3 Å². The molecule has 1 aromatic carbocycles. The van der Waals surface area contributed by atoms with Gasteiger partial charge in [-0.3, -0.25) is 0 Å². The molecule has 0 aromatic heterocycles. The van der Waals surface area contributed by atoms with Gasteiger partial charge in [0.2, 0.25) is 18.2 Å². The molecule has 6 atom stereocenters. The van der Waals surface area contributed by atoms with Gasteiger partial charge in [0.25, 0.3) is 0 Å². The molecule has 1 unspecified atom stereocenters. The maximum absolute atomic E-state index is 10.3. The van der Waals surface area contributed by atoms with Crippen LogP contribution < -0.4 is 0 Å². The van der Waals surface area contributed by atoms with E-state index in [1.807, 2.05) is 0 Å². The minimum atomic E-state index is -1.74. The fraction of sp³-hybridized carbons (Fsp3) is 0.333. The Morgan fingerprint density at radius 1 is 0.909 bits per heavy atom. The Morgan fingerprint density at radius 3 is 2.21 bits per heavy atom. The molecule has 4 rings (SSSR count). The summed E-state index contributed by atoms with van der Waals surface area (Å²) < 4.78 is 15.4. The van der Waals surface area contributed by atoms with Gasteiger partial charge in [0.1, 0.15) is 35.9 Å². The summed E-state index contributed by atoms with van der Waals surface area (Å²) in [5, 5.41) is 89.3. The van der Waals surface area contributed by atoms with Crippen molar-refractivity contribution in [2.75, 3.05) is 6.61 Å². The second kappa shape index (κ2) is 8.50. The summed E-state index contributed by atoms with van der Waals surface area (Å²) in [5.41, 5.74) is 0.253. The highest BCUT2D eigenvalue weighted by atomic mass is 16.7. The zero-order valence-electron chi connectivity index (χ0n) is 16.8. The Labute approximate surface area is 186 Å². The van der Waals surface area contributed by atoms with E-state index in [0.29, 0.717) is 0 Å². The number of hydrogen-bond donors (Lipinski definition) is 9. The molecule has 1 aromatic rings. The van der Waals surface area contributed by atoms with Gasteiger partial charge in [-0.25, -0.2) is 0 Å². The van der Waals surface area contributed by atoms with E-state index in [-0.39, 0.29) is 34.2 Å². The minimum Gasteiger partial charge on any atom is -0.571 e. The van der Waals surface area contributed by atoms with Gasteiger partial charge in [-0.15, -0.1) is 0 Å². The molecule has 12 nitrogen and oxygen atoms in total. The zero-order chi connectivity index (χ0) is 24.0. The van der Waals surface area contributed by atoms with Crippen LogP contribution in [-0.2, 0) is 9.47 Å². The van der Waals surface area contributed by atoms with Crippen LogP contribution in [0.3, 0.4) is 0 Å². The Kier molecular flexibility index (Phi) is 5.86. The van der Waals surface area contributed by atoms with Gasteiger partial charge in [-0.05, 0) is 0 Å². The van der Waals surface area contributed by atoms with E-state index in [2.05, 4.69) is 4.74 Å². The number of aromatic hydroxyl groups is 3. The Morgan fingerprint density at radius 2 is 1.58 bits per heavy atom. The Balaban J connectivity index is 1.79. The first-order valence-corrected chi connectivity index (χ1v) is 9.81. The first-order valence-electron chi connectivity index (χ1n) is 9.81. The van der Waals surface area contributed by atoms with Crippen LogP contribution in [0.4, 0.5) is 0 Å². The van der Waals surface area contributed by atoms with E-state index in [1.54, 1.807) is 0 Å². The molecule has 1 saturated heterocycles. The molecule has 10 N–H and O–H groups in total. The quantitative estimate of drug-likeness (QED) is 0.194. The standard InChI is InChI=1S/C21H22O12/c22-6-15-17(28)18(29)19(30)21(33-15)32-14-5-9-10(24)3-8(23)4-13(9)31-20(14)7-1-11(25)16(27)12(26)2-7/h1-5,13,15,17-19,21-30H,6H2/p+1/t13?,15-,17+,18+,19-,21-/m1/s1. The number of phenolic OH excluding ortho intramolecular Hbond substituents is 3. The lowest BCUT2D eigenvalue weighted by atomic mass is 9.96. The number of aliphatic hydroxyl groups is 8. The van der Waals surface area contributed by atoms with Crippen molar-refractivity contribution in [1.82, 2.24) is 0 Å². The number of phenols is 3. The molecule has 2 aliphatic heterocycles. The molecule has 178 valence electrons. The van der Waals surface area contributed by atoms with Crippen molar-refractivity contribution in [3.8, 4) is 17.2 Å². The van der Waals surface area contributed by atoms with Gasteiger partial charge in [0.05, 0.1) is 23.8 Å². The van der Waals surface area contributed by atoms with Crippen molar-refractivity contribution < 1.29 is 60.2 Å². The second-order valence-corrected chi connectivity index (χ2v) is 7.69. The summed E-state index contributed by atoms with van der Waals surface area (Å²) in [7, 11) is 0. The van der Waals surface area contributed by atoms with Crippen LogP contribution in [0.2, 0.25) is 0 Å².